The molecule has 0 spiro atoms. The average molecular weight is 301 g/mol. The van der Waals surface area contributed by atoms with E-state index in [0.29, 0.717) is 18.3 Å². The molecule has 0 unspecified atom stereocenters. The molecule has 0 bridgehead atoms. The number of hydrogen-bond acceptors (Lipinski definition) is 4. The lowest BCUT2D eigenvalue weighted by Crippen LogP contribution is -2.34. The number of amides is 1. The fourth-order valence-corrected chi connectivity index (χ4v) is 3.03. The van der Waals surface area contributed by atoms with Crippen LogP contribution < -0.4 is 11.1 Å². The first kappa shape index (κ1) is 14.1. The quantitative estimate of drug-likeness (QED) is 0.807. The van der Waals surface area contributed by atoms with Gasteiger partial charge in [-0.1, -0.05) is 6.07 Å². The number of hydrogen-bond donors (Lipinski definition) is 2. The Balaban J connectivity index is 1.59. The van der Waals surface area contributed by atoms with Gasteiger partial charge in [0, 0.05) is 24.0 Å². The summed E-state index contributed by atoms with van der Waals surface area (Å²) in [6.45, 7) is 1.27. The highest BCUT2D eigenvalue weighted by Crippen LogP contribution is 2.28. The molecular formula is C16H19N3OS. The maximum atomic E-state index is 12.2. The van der Waals surface area contributed by atoms with Gasteiger partial charge in [0.25, 0.3) is 0 Å². The van der Waals surface area contributed by atoms with Crippen LogP contribution in [0.5, 0.6) is 0 Å². The second-order valence-corrected chi connectivity index (χ2v) is 6.22. The van der Waals surface area contributed by atoms with Crippen molar-refractivity contribution in [3.05, 3.63) is 46.7 Å². The number of nitrogens with one attached hydrogen (secondary N) is 1. The molecule has 0 radical (unpaired) electrons. The molecule has 1 aromatic carbocycles. The fourth-order valence-electron chi connectivity index (χ4n) is 2.37. The summed E-state index contributed by atoms with van der Waals surface area (Å²) in [5.74, 6) is 0.0164. The SMILES string of the molecule is Nc1cccc(NC(=O)CN(Cc2ccsc2)C2CC2)c1. The van der Waals surface area contributed by atoms with Crippen molar-refractivity contribution in [3.8, 4) is 0 Å². The molecule has 0 saturated heterocycles. The molecule has 1 aromatic heterocycles. The topological polar surface area (TPSA) is 58.4 Å². The highest BCUT2D eigenvalue weighted by atomic mass is 32.1. The minimum Gasteiger partial charge on any atom is -0.399 e. The van der Waals surface area contributed by atoms with Crippen LogP contribution in [0, 0.1) is 0 Å². The average Bonchev–Trinajstić information content (AvgIpc) is 3.17. The van der Waals surface area contributed by atoms with E-state index in [0.717, 1.165) is 12.2 Å². The van der Waals surface area contributed by atoms with Gasteiger partial charge < -0.3 is 11.1 Å². The van der Waals surface area contributed by atoms with Crippen LogP contribution in [0.25, 0.3) is 0 Å². The zero-order valence-electron chi connectivity index (χ0n) is 11.8. The fraction of sp³-hybridized carbons (Fsp3) is 0.312. The van der Waals surface area contributed by atoms with Gasteiger partial charge in [-0.3, -0.25) is 9.69 Å². The van der Waals surface area contributed by atoms with Gasteiger partial charge in [0.1, 0.15) is 0 Å². The van der Waals surface area contributed by atoms with Gasteiger partial charge in [0.2, 0.25) is 5.91 Å². The minimum absolute atomic E-state index is 0.0164. The lowest BCUT2D eigenvalue weighted by atomic mass is 10.2. The second kappa shape index (κ2) is 6.28. The van der Waals surface area contributed by atoms with Gasteiger partial charge in [-0.05, 0) is 53.4 Å². The molecule has 21 heavy (non-hydrogen) atoms. The van der Waals surface area contributed by atoms with Crippen molar-refractivity contribution in [2.24, 2.45) is 0 Å². The third kappa shape index (κ3) is 4.06. The molecule has 0 atom stereocenters. The first-order valence-corrected chi connectivity index (χ1v) is 8.05. The first-order chi connectivity index (χ1) is 10.2. The molecule has 1 aliphatic carbocycles. The Morgan fingerprint density at radius 2 is 2.24 bits per heavy atom. The number of anilines is 2. The third-order valence-corrected chi connectivity index (χ3v) is 4.28. The second-order valence-electron chi connectivity index (χ2n) is 5.44. The van der Waals surface area contributed by atoms with Gasteiger partial charge in [-0.25, -0.2) is 0 Å². The van der Waals surface area contributed by atoms with Gasteiger partial charge >= 0.3 is 0 Å². The monoisotopic (exact) mass is 301 g/mol. The number of carbonyl (C=O) groups excluding carboxylic acids is 1. The summed E-state index contributed by atoms with van der Waals surface area (Å²) in [6, 6.07) is 9.96. The molecule has 1 heterocycles. The van der Waals surface area contributed by atoms with Crippen LogP contribution in [0.15, 0.2) is 41.1 Å². The highest BCUT2D eigenvalue weighted by molar-refractivity contribution is 7.07. The molecule has 0 aliphatic heterocycles. The number of rotatable bonds is 6. The van der Waals surface area contributed by atoms with E-state index in [1.54, 1.807) is 17.4 Å². The van der Waals surface area contributed by atoms with Crippen molar-refractivity contribution in [2.75, 3.05) is 17.6 Å². The molecule has 5 heteroatoms. The van der Waals surface area contributed by atoms with Crippen molar-refractivity contribution in [1.29, 1.82) is 0 Å². The Bertz CT molecular complexity index is 608. The molecule has 4 nitrogen and oxygen atoms in total. The minimum atomic E-state index is 0.0164. The van der Waals surface area contributed by atoms with Gasteiger partial charge in [-0.2, -0.15) is 11.3 Å². The summed E-state index contributed by atoms with van der Waals surface area (Å²) < 4.78 is 0. The largest absolute Gasteiger partial charge is 0.399 e. The zero-order valence-corrected chi connectivity index (χ0v) is 12.6. The number of thiophene rings is 1. The Hall–Kier alpha value is -1.85. The van der Waals surface area contributed by atoms with E-state index < -0.39 is 0 Å². The van der Waals surface area contributed by atoms with Crippen LogP contribution in [-0.2, 0) is 11.3 Å². The third-order valence-electron chi connectivity index (χ3n) is 3.55. The Morgan fingerprint density at radius 3 is 2.90 bits per heavy atom. The zero-order chi connectivity index (χ0) is 14.7. The standard InChI is InChI=1S/C16H19N3OS/c17-13-2-1-3-14(8-13)18-16(20)10-19(15-4-5-15)9-12-6-7-21-11-12/h1-3,6-8,11,15H,4-5,9-10,17H2,(H,18,20). The molecule has 1 amide bonds. The molecule has 1 saturated carbocycles. The number of carbonyl (C=O) groups is 1. The molecule has 3 rings (SSSR count). The van der Waals surface area contributed by atoms with E-state index in [1.807, 2.05) is 18.2 Å². The summed E-state index contributed by atoms with van der Waals surface area (Å²) in [5, 5.41) is 7.14. The van der Waals surface area contributed by atoms with E-state index in [-0.39, 0.29) is 5.91 Å². The Morgan fingerprint density at radius 1 is 1.38 bits per heavy atom. The maximum absolute atomic E-state index is 12.2. The number of nitrogens with zero attached hydrogens (tertiary/aromatic N) is 1. The van der Waals surface area contributed by atoms with Crippen molar-refractivity contribution >= 4 is 28.6 Å². The van der Waals surface area contributed by atoms with Crippen LogP contribution in [0.2, 0.25) is 0 Å². The number of nitrogen functional groups attached to an aromatic ring is 1. The maximum Gasteiger partial charge on any atom is 0.238 e. The molecular weight excluding hydrogens is 282 g/mol. The van der Waals surface area contributed by atoms with Gasteiger partial charge in [0.05, 0.1) is 6.54 Å². The summed E-state index contributed by atoms with van der Waals surface area (Å²) in [4.78, 5) is 14.5. The van der Waals surface area contributed by atoms with Gasteiger partial charge in [-0.15, -0.1) is 0 Å². The summed E-state index contributed by atoms with van der Waals surface area (Å²) >= 11 is 1.70. The summed E-state index contributed by atoms with van der Waals surface area (Å²) in [5.41, 5.74) is 8.42. The van der Waals surface area contributed by atoms with Crippen LogP contribution >= 0.6 is 11.3 Å². The van der Waals surface area contributed by atoms with Crippen LogP contribution in [-0.4, -0.2) is 23.4 Å². The number of benzene rings is 1. The number of nitrogens with two attached hydrogens (primary N) is 1. The summed E-state index contributed by atoms with van der Waals surface area (Å²) in [7, 11) is 0. The van der Waals surface area contributed by atoms with E-state index >= 15 is 0 Å². The normalized spacial score (nSPS) is 14.3. The van der Waals surface area contributed by atoms with Crippen molar-refractivity contribution in [3.63, 3.8) is 0 Å². The smallest absolute Gasteiger partial charge is 0.238 e. The van der Waals surface area contributed by atoms with Gasteiger partial charge in [0.15, 0.2) is 0 Å². The first-order valence-electron chi connectivity index (χ1n) is 7.11. The van der Waals surface area contributed by atoms with Crippen LogP contribution in [0.1, 0.15) is 18.4 Å². The molecule has 2 aromatic rings. The van der Waals surface area contributed by atoms with E-state index in [1.165, 1.54) is 18.4 Å². The van der Waals surface area contributed by atoms with E-state index in [9.17, 15) is 4.79 Å². The lowest BCUT2D eigenvalue weighted by molar-refractivity contribution is -0.117. The highest BCUT2D eigenvalue weighted by Gasteiger charge is 2.30. The van der Waals surface area contributed by atoms with Crippen LogP contribution in [0.4, 0.5) is 11.4 Å². The Kier molecular flexibility index (Phi) is 4.22. The van der Waals surface area contributed by atoms with E-state index in [4.69, 9.17) is 5.73 Å². The molecule has 110 valence electrons. The lowest BCUT2D eigenvalue weighted by Gasteiger charge is -2.20. The van der Waals surface area contributed by atoms with Crippen LogP contribution in [0.3, 0.4) is 0 Å². The predicted octanol–water partition coefficient (Wildman–Crippen LogP) is 2.93. The predicted molar refractivity (Wildman–Crippen MR) is 87.2 cm³/mol. The molecule has 3 N–H and O–H groups in total. The molecule has 1 aliphatic rings. The van der Waals surface area contributed by atoms with Crippen molar-refractivity contribution in [2.45, 2.75) is 25.4 Å². The Labute approximate surface area is 128 Å². The summed E-state index contributed by atoms with van der Waals surface area (Å²) in [6.07, 6.45) is 2.38. The van der Waals surface area contributed by atoms with Crippen molar-refractivity contribution < 1.29 is 4.79 Å². The van der Waals surface area contributed by atoms with Crippen molar-refractivity contribution in [1.82, 2.24) is 4.90 Å². The molecule has 1 fully saturated rings. The van der Waals surface area contributed by atoms with E-state index in [2.05, 4.69) is 27.0 Å².